The van der Waals surface area contributed by atoms with E-state index in [0.29, 0.717) is 31.3 Å². The molecule has 1 aliphatic rings. The normalized spacial score (nSPS) is 12.2. The molecule has 0 saturated carbocycles. The van der Waals surface area contributed by atoms with Gasteiger partial charge in [0.1, 0.15) is 19.6 Å². The number of rotatable bonds is 9. The van der Waals surface area contributed by atoms with Crippen molar-refractivity contribution in [3.05, 3.63) is 47.5 Å². The molecule has 3 rings (SSSR count). The van der Waals surface area contributed by atoms with Crippen molar-refractivity contribution in [3.63, 3.8) is 0 Å². The van der Waals surface area contributed by atoms with Crippen molar-refractivity contribution in [2.45, 2.75) is 6.54 Å². The summed E-state index contributed by atoms with van der Waals surface area (Å²) in [5.41, 5.74) is 6.79. The molecule has 0 unspecified atom stereocenters. The Morgan fingerprint density at radius 2 is 2.00 bits per heavy atom. The number of hydrazine groups is 1. The highest BCUT2D eigenvalue weighted by atomic mass is 16.5. The van der Waals surface area contributed by atoms with E-state index >= 15 is 0 Å². The molecule has 2 N–H and O–H groups in total. The smallest absolute Gasteiger partial charge is 0.163 e. The van der Waals surface area contributed by atoms with Crippen molar-refractivity contribution in [2.24, 2.45) is 4.99 Å². The van der Waals surface area contributed by atoms with Crippen LogP contribution in [0, 0.1) is 12.3 Å². The van der Waals surface area contributed by atoms with Crippen LogP contribution >= 0.6 is 0 Å². The maximum atomic E-state index is 9.08. The molecule has 0 aliphatic carbocycles. The fraction of sp³-hybridized carbons (Fsp3) is 0.286. The molecule has 0 fully saturated rings. The SMILES string of the molecule is C#Cc1cccc(NN2C=NCc3cc(OCCO)c(OCCOC)cc32)c1. The van der Waals surface area contributed by atoms with Crippen LogP contribution in [0.2, 0.25) is 0 Å². The first-order valence-corrected chi connectivity index (χ1v) is 8.90. The molecule has 0 spiro atoms. The molecule has 2 aromatic rings. The molecule has 0 radical (unpaired) electrons. The average molecular weight is 381 g/mol. The second-order valence-electron chi connectivity index (χ2n) is 6.00. The minimum absolute atomic E-state index is 0.0774. The predicted octanol–water partition coefficient (Wildman–Crippen LogP) is 2.44. The molecule has 0 amide bonds. The maximum absolute atomic E-state index is 9.08. The molecular formula is C21H23N3O4. The van der Waals surface area contributed by atoms with Crippen molar-refractivity contribution in [2.75, 3.05) is 44.0 Å². The maximum Gasteiger partial charge on any atom is 0.163 e. The summed E-state index contributed by atoms with van der Waals surface area (Å²) < 4.78 is 16.5. The van der Waals surface area contributed by atoms with Crippen LogP contribution in [0.1, 0.15) is 11.1 Å². The zero-order valence-electron chi connectivity index (χ0n) is 15.7. The van der Waals surface area contributed by atoms with Gasteiger partial charge in [-0.25, -0.2) is 5.01 Å². The summed E-state index contributed by atoms with van der Waals surface area (Å²) in [7, 11) is 1.62. The van der Waals surface area contributed by atoms with Gasteiger partial charge >= 0.3 is 0 Å². The van der Waals surface area contributed by atoms with Crippen molar-refractivity contribution in [3.8, 4) is 23.8 Å². The van der Waals surface area contributed by atoms with Gasteiger partial charge in [-0.3, -0.25) is 10.4 Å². The number of methoxy groups -OCH3 is 1. The van der Waals surface area contributed by atoms with Gasteiger partial charge in [0.25, 0.3) is 0 Å². The van der Waals surface area contributed by atoms with Gasteiger partial charge in [-0.1, -0.05) is 12.0 Å². The van der Waals surface area contributed by atoms with E-state index in [1.54, 1.807) is 13.4 Å². The highest BCUT2D eigenvalue weighted by Gasteiger charge is 2.19. The quantitative estimate of drug-likeness (QED) is 0.513. The Morgan fingerprint density at radius 1 is 1.18 bits per heavy atom. The van der Waals surface area contributed by atoms with E-state index in [-0.39, 0.29) is 13.2 Å². The second kappa shape index (κ2) is 9.65. The van der Waals surface area contributed by atoms with Gasteiger partial charge in [0.2, 0.25) is 0 Å². The number of aliphatic hydroxyl groups is 1. The van der Waals surface area contributed by atoms with Crippen LogP contribution in [-0.2, 0) is 11.3 Å². The largest absolute Gasteiger partial charge is 0.487 e. The van der Waals surface area contributed by atoms with Gasteiger partial charge in [0.15, 0.2) is 11.5 Å². The van der Waals surface area contributed by atoms with E-state index in [0.717, 1.165) is 22.5 Å². The minimum Gasteiger partial charge on any atom is -0.487 e. The fourth-order valence-corrected chi connectivity index (χ4v) is 2.75. The highest BCUT2D eigenvalue weighted by molar-refractivity contribution is 5.86. The summed E-state index contributed by atoms with van der Waals surface area (Å²) in [6, 6.07) is 11.4. The zero-order valence-corrected chi connectivity index (χ0v) is 15.7. The topological polar surface area (TPSA) is 75.6 Å². The van der Waals surface area contributed by atoms with Crippen LogP contribution in [-0.4, -0.2) is 45.0 Å². The monoisotopic (exact) mass is 381 g/mol. The predicted molar refractivity (Wildman–Crippen MR) is 109 cm³/mol. The Labute approximate surface area is 164 Å². The summed E-state index contributed by atoms with van der Waals surface area (Å²) in [6.45, 7) is 1.47. The van der Waals surface area contributed by atoms with Gasteiger partial charge in [0, 0.05) is 24.3 Å². The molecule has 0 aromatic heterocycles. The highest BCUT2D eigenvalue weighted by Crippen LogP contribution is 2.37. The lowest BCUT2D eigenvalue weighted by Gasteiger charge is -2.28. The number of ether oxygens (including phenoxy) is 3. The molecule has 1 heterocycles. The van der Waals surface area contributed by atoms with Gasteiger partial charge in [0.05, 0.1) is 31.1 Å². The number of aliphatic hydroxyl groups excluding tert-OH is 1. The lowest BCUT2D eigenvalue weighted by molar-refractivity contribution is 0.141. The Hall–Kier alpha value is -3.21. The number of anilines is 2. The first-order chi connectivity index (χ1) is 13.7. The van der Waals surface area contributed by atoms with Crippen LogP contribution in [0.4, 0.5) is 11.4 Å². The van der Waals surface area contributed by atoms with E-state index in [2.05, 4.69) is 16.3 Å². The molecule has 7 heteroatoms. The summed E-state index contributed by atoms with van der Waals surface area (Å²) in [5, 5.41) is 10.9. The summed E-state index contributed by atoms with van der Waals surface area (Å²) in [5.74, 6) is 3.77. The third-order valence-corrected chi connectivity index (χ3v) is 4.04. The minimum atomic E-state index is -0.0774. The molecule has 0 atom stereocenters. The van der Waals surface area contributed by atoms with Crippen LogP contribution in [0.15, 0.2) is 41.4 Å². The number of aliphatic imine (C=N–C) groups is 1. The first kappa shape index (κ1) is 19.5. The number of fused-ring (bicyclic) bond motifs is 1. The summed E-state index contributed by atoms with van der Waals surface area (Å²) in [4.78, 5) is 4.40. The Bertz CT molecular complexity index is 876. The van der Waals surface area contributed by atoms with Gasteiger partial charge in [-0.2, -0.15) is 0 Å². The van der Waals surface area contributed by atoms with E-state index < -0.39 is 0 Å². The van der Waals surface area contributed by atoms with E-state index in [9.17, 15) is 0 Å². The lowest BCUT2D eigenvalue weighted by Crippen LogP contribution is -2.31. The Morgan fingerprint density at radius 3 is 2.79 bits per heavy atom. The Kier molecular flexibility index (Phi) is 6.73. The molecule has 28 heavy (non-hydrogen) atoms. The molecule has 146 valence electrons. The summed E-state index contributed by atoms with van der Waals surface area (Å²) in [6.07, 6.45) is 7.21. The lowest BCUT2D eigenvalue weighted by atomic mass is 10.1. The molecule has 7 nitrogen and oxygen atoms in total. The molecule has 1 aliphatic heterocycles. The number of hydrogen-bond donors (Lipinski definition) is 2. The molecule has 2 aromatic carbocycles. The third-order valence-electron chi connectivity index (χ3n) is 4.04. The second-order valence-corrected chi connectivity index (χ2v) is 6.00. The van der Waals surface area contributed by atoms with Gasteiger partial charge in [-0.15, -0.1) is 6.42 Å². The fourth-order valence-electron chi connectivity index (χ4n) is 2.75. The number of benzene rings is 2. The molecular weight excluding hydrogens is 358 g/mol. The average Bonchev–Trinajstić information content (AvgIpc) is 2.73. The van der Waals surface area contributed by atoms with Crippen LogP contribution in [0.3, 0.4) is 0 Å². The van der Waals surface area contributed by atoms with Crippen LogP contribution < -0.4 is 19.9 Å². The van der Waals surface area contributed by atoms with E-state index in [1.807, 2.05) is 41.4 Å². The van der Waals surface area contributed by atoms with E-state index in [1.165, 1.54) is 0 Å². The number of terminal acetylenes is 1. The zero-order chi connectivity index (χ0) is 19.8. The molecule has 0 saturated heterocycles. The molecule has 0 bridgehead atoms. The summed E-state index contributed by atoms with van der Waals surface area (Å²) >= 11 is 0. The number of nitrogens with one attached hydrogen (secondary N) is 1. The van der Waals surface area contributed by atoms with Gasteiger partial charge < -0.3 is 19.3 Å². The van der Waals surface area contributed by atoms with Crippen molar-refractivity contribution in [1.29, 1.82) is 0 Å². The van der Waals surface area contributed by atoms with Crippen LogP contribution in [0.25, 0.3) is 0 Å². The third kappa shape index (κ3) is 4.74. The van der Waals surface area contributed by atoms with Crippen molar-refractivity contribution in [1.82, 2.24) is 0 Å². The van der Waals surface area contributed by atoms with Crippen molar-refractivity contribution < 1.29 is 19.3 Å². The Balaban J connectivity index is 1.88. The number of hydrogen-bond acceptors (Lipinski definition) is 7. The first-order valence-electron chi connectivity index (χ1n) is 8.90. The standard InChI is InChI=1S/C21H23N3O4/c1-3-16-5-4-6-18(11-16)23-24-15-22-14-17-12-20(27-8-7-25)21(13-19(17)24)28-10-9-26-2/h1,4-6,11-13,15,23,25H,7-10,14H2,2H3. The van der Waals surface area contributed by atoms with E-state index in [4.69, 9.17) is 25.7 Å². The van der Waals surface area contributed by atoms with Crippen molar-refractivity contribution >= 4 is 17.7 Å². The number of nitrogens with zero attached hydrogens (tertiary/aromatic N) is 2. The van der Waals surface area contributed by atoms with Crippen LogP contribution in [0.5, 0.6) is 11.5 Å². The van der Waals surface area contributed by atoms with Gasteiger partial charge in [-0.05, 0) is 24.3 Å².